The van der Waals surface area contributed by atoms with Gasteiger partial charge in [-0.1, -0.05) is 166 Å². The molecule has 0 aliphatic heterocycles. The van der Waals surface area contributed by atoms with Crippen LogP contribution in [0.5, 0.6) is 0 Å². The van der Waals surface area contributed by atoms with Crippen LogP contribution < -0.4 is 5.19 Å². The third-order valence-corrected chi connectivity index (χ3v) is 11.1. The molecular weight excluding hydrogens is 853 g/mol. The van der Waals surface area contributed by atoms with Gasteiger partial charge < -0.3 is 14.4 Å². The quantitative estimate of drug-likeness (QED) is 0.123. The van der Waals surface area contributed by atoms with Gasteiger partial charge in [-0.2, -0.15) is 0 Å². The van der Waals surface area contributed by atoms with E-state index in [1.165, 1.54) is 11.3 Å². The minimum absolute atomic E-state index is 0. The predicted molar refractivity (Wildman–Crippen MR) is 226 cm³/mol. The first-order valence-electron chi connectivity index (χ1n) is 20.4. The maximum Gasteiger partial charge on any atom is 0.128 e. The number of nitrogens with zero attached hydrogens (tertiary/aromatic N) is 2. The summed E-state index contributed by atoms with van der Waals surface area (Å²) in [7, 11) is -1.43. The molecule has 8 aromatic rings. The predicted octanol–water partition coefficient (Wildman–Crippen LogP) is 12.8. The maximum atomic E-state index is 8.39. The van der Waals surface area contributed by atoms with E-state index in [-0.39, 0.29) is 25.7 Å². The van der Waals surface area contributed by atoms with Gasteiger partial charge in [0.15, 0.2) is 0 Å². The Morgan fingerprint density at radius 2 is 1.43 bits per heavy atom. The average molecular weight is 904 g/mol. The van der Waals surface area contributed by atoms with Gasteiger partial charge in [0.25, 0.3) is 0 Å². The molecule has 0 aliphatic rings. The third-order valence-electron chi connectivity index (χ3n) is 9.02. The number of hydrogen-bond acceptors (Lipinski definition) is 3. The van der Waals surface area contributed by atoms with Gasteiger partial charge in [0.05, 0.1) is 13.7 Å². The van der Waals surface area contributed by atoms with E-state index in [0.717, 1.165) is 49.9 Å². The Labute approximate surface area is 341 Å². The summed E-state index contributed by atoms with van der Waals surface area (Å²) in [5.74, 6) is 0. The van der Waals surface area contributed by atoms with Crippen molar-refractivity contribution in [1.29, 1.82) is 0 Å². The number of pyridine rings is 2. The topological polar surface area (TPSA) is 38.9 Å². The Balaban J connectivity index is 0.000000195. The summed E-state index contributed by atoms with van der Waals surface area (Å²) >= 11 is 0. The molecule has 0 saturated heterocycles. The Morgan fingerprint density at radius 1 is 0.722 bits per heavy atom. The van der Waals surface area contributed by atoms with E-state index >= 15 is 0 Å². The summed E-state index contributed by atoms with van der Waals surface area (Å²) < 4.78 is 46.8. The molecule has 0 saturated carbocycles. The molecule has 1 radical (unpaired) electrons. The van der Waals surface area contributed by atoms with Gasteiger partial charge in [-0.3, -0.25) is 0 Å². The standard InChI is InChI=1S/C26H22NOSi.C23H24N.Ir/c1-29(2,3)19-15-16-27-24(17-19)23-14-8-13-22-21-12-7-11-20(25(21)28-26(22)23)18-9-5-4-6-10-18;1-17-10-12-20(14-21(17)19-8-6-5-7-9-19)22-13-11-18(16-24-22)15-23(2,3)4;/h4-13,15-17H,1-3H3;5-11,13-14,16H,15H2,1-4H3;/q2*-1;/i;1D3,15D2;. The van der Waals surface area contributed by atoms with Crippen molar-refractivity contribution >= 4 is 35.2 Å². The average Bonchev–Trinajstić information content (AvgIpc) is 3.60. The molecule has 0 bridgehead atoms. The molecule has 3 heterocycles. The van der Waals surface area contributed by atoms with Gasteiger partial charge in [-0.05, 0) is 45.9 Å². The van der Waals surface area contributed by atoms with Gasteiger partial charge >= 0.3 is 0 Å². The Morgan fingerprint density at radius 3 is 2.07 bits per heavy atom. The summed E-state index contributed by atoms with van der Waals surface area (Å²) in [5, 5.41) is 3.61. The molecule has 0 amide bonds. The number of fused-ring (bicyclic) bond motifs is 3. The van der Waals surface area contributed by atoms with E-state index in [1.807, 2.05) is 69.4 Å². The van der Waals surface area contributed by atoms with Crippen molar-refractivity contribution in [3.63, 3.8) is 0 Å². The fraction of sp³-hybridized carbons (Fsp3) is 0.184. The van der Waals surface area contributed by atoms with Crippen LogP contribution in [-0.4, -0.2) is 18.0 Å². The fourth-order valence-corrected chi connectivity index (χ4v) is 7.53. The number of rotatable bonds is 6. The number of furan rings is 1. The van der Waals surface area contributed by atoms with Gasteiger partial charge in [-0.25, -0.2) is 0 Å². The SMILES string of the molecule is C[Si](C)(C)c1ccnc(-c2[c-]ccc3c2oc2c(-c4ccccc4)cccc23)c1.[2H]C([2H])([2H])c1c[c-]c(-c2ccc(C([2H])([2H])C(C)(C)C)cn2)cc1-c1ccccc1.[Ir]. The van der Waals surface area contributed by atoms with Crippen molar-refractivity contribution in [3.05, 3.63) is 163 Å². The number of aryl methyl sites for hydroxylation is 1. The number of hydrogen-bond donors (Lipinski definition) is 0. The number of aromatic nitrogens is 2. The van der Waals surface area contributed by atoms with Crippen LogP contribution in [0.4, 0.5) is 0 Å². The Hall–Kier alpha value is -4.93. The molecule has 0 fully saturated rings. The summed E-state index contributed by atoms with van der Waals surface area (Å²) in [5.41, 5.74) is 8.79. The molecule has 0 atom stereocenters. The molecule has 0 spiro atoms. The zero-order valence-corrected chi connectivity index (χ0v) is 34.8. The zero-order valence-electron chi connectivity index (χ0n) is 36.4. The van der Waals surface area contributed by atoms with Gasteiger partial charge in [0.2, 0.25) is 0 Å². The molecule has 0 N–H and O–H groups in total. The van der Waals surface area contributed by atoms with Crippen molar-refractivity contribution in [1.82, 2.24) is 9.97 Å². The van der Waals surface area contributed by atoms with Gasteiger partial charge in [0.1, 0.15) is 5.58 Å². The summed E-state index contributed by atoms with van der Waals surface area (Å²) in [6.07, 6.45) is 1.94. The summed E-state index contributed by atoms with van der Waals surface area (Å²) in [4.78, 5) is 9.10. The first-order chi connectivity index (χ1) is 27.4. The second-order valence-corrected chi connectivity index (χ2v) is 20.4. The van der Waals surface area contributed by atoms with Crippen LogP contribution in [0, 0.1) is 24.4 Å². The van der Waals surface area contributed by atoms with E-state index in [0.29, 0.717) is 22.4 Å². The molecule has 0 unspecified atom stereocenters. The normalized spacial score (nSPS) is 13.4. The minimum Gasteiger partial charge on any atom is -0.500 e. The molecular formula is C49H46IrN2OSi-2. The number of benzene rings is 5. The second-order valence-electron chi connectivity index (χ2n) is 15.3. The molecule has 0 aliphatic carbocycles. The second kappa shape index (κ2) is 16.2. The van der Waals surface area contributed by atoms with Crippen LogP contribution in [-0.2, 0) is 26.5 Å². The first kappa shape index (κ1) is 32.5. The Bertz CT molecular complexity index is 2700. The number of para-hydroxylation sites is 1. The van der Waals surface area contributed by atoms with Crippen molar-refractivity contribution in [2.75, 3.05) is 0 Å². The van der Waals surface area contributed by atoms with Gasteiger partial charge in [-0.15, -0.1) is 47.5 Å². The van der Waals surface area contributed by atoms with Crippen molar-refractivity contribution in [2.45, 2.75) is 53.6 Å². The zero-order chi connectivity index (χ0) is 41.5. The van der Waals surface area contributed by atoms with E-state index in [9.17, 15) is 0 Å². The van der Waals surface area contributed by atoms with Crippen LogP contribution in [0.25, 0.3) is 66.7 Å². The van der Waals surface area contributed by atoms with Crippen LogP contribution >= 0.6 is 0 Å². The summed E-state index contributed by atoms with van der Waals surface area (Å²) in [6.45, 7) is 10.4. The smallest absolute Gasteiger partial charge is 0.128 e. The van der Waals surface area contributed by atoms with Crippen molar-refractivity contribution in [3.8, 4) is 44.8 Å². The molecule has 273 valence electrons. The van der Waals surface area contributed by atoms with E-state index < -0.39 is 26.7 Å². The van der Waals surface area contributed by atoms with Crippen LogP contribution in [0.15, 0.2) is 144 Å². The Kier molecular flexibility index (Phi) is 9.75. The minimum atomic E-state index is -2.25. The van der Waals surface area contributed by atoms with E-state index in [2.05, 4.69) is 102 Å². The third kappa shape index (κ3) is 8.71. The van der Waals surface area contributed by atoms with E-state index in [1.54, 1.807) is 24.4 Å². The molecule has 5 heteroatoms. The van der Waals surface area contributed by atoms with Crippen LogP contribution in [0.2, 0.25) is 19.6 Å². The molecule has 5 aromatic carbocycles. The fourth-order valence-electron chi connectivity index (χ4n) is 6.39. The molecule has 3 nitrogen and oxygen atoms in total. The van der Waals surface area contributed by atoms with Crippen LogP contribution in [0.1, 0.15) is 38.8 Å². The largest absolute Gasteiger partial charge is 0.500 e. The monoisotopic (exact) mass is 904 g/mol. The molecule has 8 rings (SSSR count). The van der Waals surface area contributed by atoms with E-state index in [4.69, 9.17) is 11.3 Å². The first-order valence-corrected chi connectivity index (χ1v) is 21.4. The van der Waals surface area contributed by atoms with Crippen LogP contribution in [0.3, 0.4) is 0 Å². The van der Waals surface area contributed by atoms with Crippen molar-refractivity contribution < 1.29 is 31.4 Å². The molecule has 3 aromatic heterocycles. The molecule has 54 heavy (non-hydrogen) atoms. The summed E-state index contributed by atoms with van der Waals surface area (Å²) in [6, 6.07) is 47.8. The van der Waals surface area contributed by atoms with Crippen molar-refractivity contribution in [2.24, 2.45) is 5.41 Å². The maximum absolute atomic E-state index is 8.39. The van der Waals surface area contributed by atoms with Gasteiger partial charge in [0, 0.05) is 50.3 Å².